The Hall–Kier alpha value is -2.35. The highest BCUT2D eigenvalue weighted by atomic mass is 16.5. The van der Waals surface area contributed by atoms with Gasteiger partial charge in [0, 0.05) is 59.1 Å². The predicted molar refractivity (Wildman–Crippen MR) is 115 cm³/mol. The number of aliphatic imine (C=N–C) groups is 1. The van der Waals surface area contributed by atoms with Crippen molar-refractivity contribution in [1.29, 1.82) is 0 Å². The summed E-state index contributed by atoms with van der Waals surface area (Å²) in [5, 5.41) is 3.47. The van der Waals surface area contributed by atoms with Gasteiger partial charge in [-0.3, -0.25) is 9.79 Å². The molecule has 0 aliphatic carbocycles. The van der Waals surface area contributed by atoms with Crippen LogP contribution in [0.2, 0.25) is 0 Å². The Morgan fingerprint density at radius 3 is 2.62 bits per heavy atom. The van der Waals surface area contributed by atoms with Gasteiger partial charge in [0.15, 0.2) is 5.96 Å². The van der Waals surface area contributed by atoms with Gasteiger partial charge >= 0.3 is 5.97 Å². The average molecular weight is 403 g/mol. The van der Waals surface area contributed by atoms with Crippen molar-refractivity contribution < 1.29 is 9.53 Å². The number of piperazine rings is 1. The maximum Gasteiger partial charge on any atom is 0.309 e. The van der Waals surface area contributed by atoms with Crippen LogP contribution in [0.15, 0.2) is 23.3 Å². The summed E-state index contributed by atoms with van der Waals surface area (Å²) in [6, 6.07) is 4.21. The van der Waals surface area contributed by atoms with Crippen LogP contribution < -0.4 is 10.2 Å². The van der Waals surface area contributed by atoms with Gasteiger partial charge in [-0.25, -0.2) is 4.98 Å². The van der Waals surface area contributed by atoms with Gasteiger partial charge in [0.25, 0.3) is 0 Å². The molecule has 2 aliphatic heterocycles. The number of rotatable bonds is 5. The van der Waals surface area contributed by atoms with Crippen molar-refractivity contribution in [2.45, 2.75) is 26.3 Å². The third kappa shape index (κ3) is 5.82. The third-order valence-electron chi connectivity index (χ3n) is 5.71. The minimum Gasteiger partial charge on any atom is -0.466 e. The van der Waals surface area contributed by atoms with E-state index in [1.807, 2.05) is 26.2 Å². The molecule has 0 unspecified atom stereocenters. The quantitative estimate of drug-likeness (QED) is 0.450. The van der Waals surface area contributed by atoms with Crippen LogP contribution in [0.5, 0.6) is 0 Å². The van der Waals surface area contributed by atoms with Gasteiger partial charge in [-0.1, -0.05) is 0 Å². The van der Waals surface area contributed by atoms with Crippen molar-refractivity contribution in [3.05, 3.63) is 23.9 Å². The van der Waals surface area contributed by atoms with Crippen LogP contribution in [0.3, 0.4) is 0 Å². The molecule has 8 nitrogen and oxygen atoms in total. The largest absolute Gasteiger partial charge is 0.466 e. The third-order valence-corrected chi connectivity index (χ3v) is 5.71. The van der Waals surface area contributed by atoms with E-state index in [1.165, 1.54) is 5.56 Å². The normalized spacial score (nSPS) is 19.3. The number of pyridine rings is 1. The first kappa shape index (κ1) is 21.4. The van der Waals surface area contributed by atoms with Gasteiger partial charge in [-0.05, 0) is 44.5 Å². The second kappa shape index (κ2) is 10.4. The lowest BCUT2D eigenvalue weighted by Crippen LogP contribution is -2.46. The van der Waals surface area contributed by atoms with Gasteiger partial charge in [0.1, 0.15) is 5.82 Å². The Labute approximate surface area is 173 Å². The van der Waals surface area contributed by atoms with Gasteiger partial charge in [0.05, 0.1) is 12.5 Å². The minimum atomic E-state index is -0.0664. The predicted octanol–water partition coefficient (Wildman–Crippen LogP) is 1.18. The number of ether oxygens (including phenoxy) is 1. The standard InChI is InChI=1S/C21H34N6O2/c1-4-29-20(28)18-6-9-27(10-7-18)21(22-2)24-16-17-5-8-23-19(15-17)26-13-11-25(3)12-14-26/h5,8,15,18H,4,6-7,9-14,16H2,1-3H3,(H,22,24). The summed E-state index contributed by atoms with van der Waals surface area (Å²) in [5.74, 6) is 1.87. The molecule has 0 amide bonds. The van der Waals surface area contributed by atoms with Crippen molar-refractivity contribution in [2.75, 3.05) is 64.9 Å². The van der Waals surface area contributed by atoms with E-state index in [-0.39, 0.29) is 11.9 Å². The number of likely N-dealkylation sites (tertiary alicyclic amines) is 1. The first-order valence-corrected chi connectivity index (χ1v) is 10.6. The van der Waals surface area contributed by atoms with Gasteiger partial charge in [-0.15, -0.1) is 0 Å². The molecule has 0 atom stereocenters. The fourth-order valence-electron chi connectivity index (χ4n) is 3.88. The van der Waals surface area contributed by atoms with Gasteiger partial charge < -0.3 is 24.8 Å². The Balaban J connectivity index is 1.51. The van der Waals surface area contributed by atoms with Crippen molar-refractivity contribution in [2.24, 2.45) is 10.9 Å². The van der Waals surface area contributed by atoms with Crippen LogP contribution in [0, 0.1) is 5.92 Å². The number of esters is 1. The molecule has 0 saturated carbocycles. The number of aromatic nitrogens is 1. The number of nitrogens with one attached hydrogen (secondary N) is 1. The first-order valence-electron chi connectivity index (χ1n) is 10.6. The molecular weight excluding hydrogens is 368 g/mol. The number of hydrogen-bond acceptors (Lipinski definition) is 6. The van der Waals surface area contributed by atoms with Crippen LogP contribution in [-0.2, 0) is 16.1 Å². The van der Waals surface area contributed by atoms with E-state index in [2.05, 4.69) is 43.1 Å². The van der Waals surface area contributed by atoms with Crippen LogP contribution in [-0.4, -0.2) is 86.7 Å². The molecule has 160 valence electrons. The van der Waals surface area contributed by atoms with E-state index in [1.54, 1.807) is 0 Å². The highest BCUT2D eigenvalue weighted by Gasteiger charge is 2.27. The molecule has 3 rings (SSSR count). The lowest BCUT2D eigenvalue weighted by atomic mass is 9.97. The average Bonchev–Trinajstić information content (AvgIpc) is 2.75. The number of nitrogens with zero attached hydrogens (tertiary/aromatic N) is 5. The maximum atomic E-state index is 11.9. The van der Waals surface area contributed by atoms with Crippen molar-refractivity contribution >= 4 is 17.7 Å². The lowest BCUT2D eigenvalue weighted by Gasteiger charge is -2.34. The number of likely N-dealkylation sites (N-methyl/N-ethyl adjacent to an activating group) is 1. The number of guanidine groups is 1. The summed E-state index contributed by atoms with van der Waals surface area (Å²) < 4.78 is 5.16. The fraction of sp³-hybridized carbons (Fsp3) is 0.667. The highest BCUT2D eigenvalue weighted by Crippen LogP contribution is 2.19. The molecule has 8 heteroatoms. The van der Waals surface area contributed by atoms with Gasteiger partial charge in [0.2, 0.25) is 0 Å². The zero-order valence-electron chi connectivity index (χ0n) is 17.9. The molecule has 2 saturated heterocycles. The molecule has 0 bridgehead atoms. The summed E-state index contributed by atoms with van der Waals surface area (Å²) in [5.41, 5.74) is 1.19. The highest BCUT2D eigenvalue weighted by molar-refractivity contribution is 5.80. The molecular formula is C21H34N6O2. The Morgan fingerprint density at radius 2 is 1.97 bits per heavy atom. The summed E-state index contributed by atoms with van der Waals surface area (Å²) in [4.78, 5) is 27.8. The molecule has 1 aromatic rings. The summed E-state index contributed by atoms with van der Waals surface area (Å²) in [6.07, 6.45) is 3.50. The van der Waals surface area contributed by atoms with E-state index in [0.717, 1.165) is 63.9 Å². The Bertz CT molecular complexity index is 694. The molecule has 3 heterocycles. The topological polar surface area (TPSA) is 73.3 Å². The smallest absolute Gasteiger partial charge is 0.309 e. The molecule has 1 N–H and O–H groups in total. The van der Waals surface area contributed by atoms with Crippen molar-refractivity contribution in [3.8, 4) is 0 Å². The molecule has 0 spiro atoms. The number of carbonyl (C=O) groups excluding carboxylic acids is 1. The number of piperidine rings is 1. The SMILES string of the molecule is CCOC(=O)C1CCN(C(=NC)NCc2ccnc(N3CCN(C)CC3)c2)CC1. The summed E-state index contributed by atoms with van der Waals surface area (Å²) >= 11 is 0. The summed E-state index contributed by atoms with van der Waals surface area (Å²) in [7, 11) is 3.97. The van der Waals surface area contributed by atoms with E-state index in [4.69, 9.17) is 4.74 Å². The van der Waals surface area contributed by atoms with E-state index < -0.39 is 0 Å². The summed E-state index contributed by atoms with van der Waals surface area (Å²) in [6.45, 7) is 8.79. The minimum absolute atomic E-state index is 0.00986. The second-order valence-corrected chi connectivity index (χ2v) is 7.73. The first-order chi connectivity index (χ1) is 14.1. The molecule has 2 aliphatic rings. The fourth-order valence-corrected chi connectivity index (χ4v) is 3.88. The van der Waals surface area contributed by atoms with Crippen LogP contribution in [0.4, 0.5) is 5.82 Å². The number of carbonyl (C=O) groups is 1. The van der Waals surface area contributed by atoms with E-state index in [9.17, 15) is 4.79 Å². The molecule has 2 fully saturated rings. The van der Waals surface area contributed by atoms with E-state index in [0.29, 0.717) is 13.2 Å². The molecule has 29 heavy (non-hydrogen) atoms. The molecule has 1 aromatic heterocycles. The number of hydrogen-bond donors (Lipinski definition) is 1. The lowest BCUT2D eigenvalue weighted by molar-refractivity contribution is -0.149. The van der Waals surface area contributed by atoms with Crippen LogP contribution >= 0.6 is 0 Å². The zero-order valence-corrected chi connectivity index (χ0v) is 17.9. The van der Waals surface area contributed by atoms with Crippen LogP contribution in [0.1, 0.15) is 25.3 Å². The zero-order chi connectivity index (χ0) is 20.6. The maximum absolute atomic E-state index is 11.9. The Morgan fingerprint density at radius 1 is 1.24 bits per heavy atom. The monoisotopic (exact) mass is 402 g/mol. The van der Waals surface area contributed by atoms with Crippen LogP contribution in [0.25, 0.3) is 0 Å². The second-order valence-electron chi connectivity index (χ2n) is 7.73. The Kier molecular flexibility index (Phi) is 7.69. The molecule has 0 aromatic carbocycles. The van der Waals surface area contributed by atoms with Gasteiger partial charge in [-0.2, -0.15) is 0 Å². The van der Waals surface area contributed by atoms with E-state index >= 15 is 0 Å². The number of anilines is 1. The van der Waals surface area contributed by atoms with Crippen molar-refractivity contribution in [3.63, 3.8) is 0 Å². The van der Waals surface area contributed by atoms with Crippen molar-refractivity contribution in [1.82, 2.24) is 20.1 Å². The molecule has 0 radical (unpaired) electrons.